The van der Waals surface area contributed by atoms with Crippen LogP contribution in [0, 0.1) is 0 Å². The van der Waals surface area contributed by atoms with E-state index in [0.29, 0.717) is 11.3 Å². The van der Waals surface area contributed by atoms with Crippen LogP contribution in [0.3, 0.4) is 0 Å². The molecule has 0 spiro atoms. The van der Waals surface area contributed by atoms with Crippen molar-refractivity contribution in [3.05, 3.63) is 57.8 Å². The zero-order valence-corrected chi connectivity index (χ0v) is 12.5. The summed E-state index contributed by atoms with van der Waals surface area (Å²) in [6.45, 7) is 0. The molecule has 0 aliphatic carbocycles. The summed E-state index contributed by atoms with van der Waals surface area (Å²) < 4.78 is 0. The van der Waals surface area contributed by atoms with Crippen LogP contribution in [0.15, 0.2) is 41.8 Å². The van der Waals surface area contributed by atoms with Gasteiger partial charge in [-0.05, 0) is 29.7 Å². The van der Waals surface area contributed by atoms with Crippen LogP contribution < -0.4 is 5.32 Å². The van der Waals surface area contributed by atoms with Gasteiger partial charge >= 0.3 is 0 Å². The Labute approximate surface area is 130 Å². The van der Waals surface area contributed by atoms with Crippen molar-refractivity contribution in [1.29, 1.82) is 0 Å². The zero-order valence-electron chi connectivity index (χ0n) is 11.7. The molecule has 2 aromatic rings. The van der Waals surface area contributed by atoms with E-state index in [0.717, 1.165) is 9.78 Å². The largest absolute Gasteiger partial charge is 0.322 e. The fourth-order valence-corrected chi connectivity index (χ4v) is 2.84. The van der Waals surface area contributed by atoms with Gasteiger partial charge in [-0.25, -0.2) is 0 Å². The average molecular weight is 312 g/mol. The normalized spacial score (nSPS) is 13.8. The molecule has 1 aromatic carbocycles. The topological polar surface area (TPSA) is 66.5 Å². The van der Waals surface area contributed by atoms with Crippen molar-refractivity contribution >= 4 is 40.8 Å². The molecule has 1 N–H and O–H groups in total. The summed E-state index contributed by atoms with van der Waals surface area (Å²) in [5, 5.41) is 4.57. The Morgan fingerprint density at radius 1 is 1.18 bits per heavy atom. The van der Waals surface area contributed by atoms with Crippen LogP contribution in [0.2, 0.25) is 0 Å². The van der Waals surface area contributed by atoms with Crippen LogP contribution in [0.4, 0.5) is 5.69 Å². The van der Waals surface area contributed by atoms with Crippen LogP contribution in [0.25, 0.3) is 6.08 Å². The number of thiophene rings is 1. The number of hydrogen-bond acceptors (Lipinski definition) is 4. The number of hydrogen-bond donors (Lipinski definition) is 1. The molecule has 0 unspecified atom stereocenters. The third kappa shape index (κ3) is 2.44. The second kappa shape index (κ2) is 5.57. The molecule has 110 valence electrons. The first-order valence-corrected chi connectivity index (χ1v) is 7.44. The second-order valence-electron chi connectivity index (χ2n) is 4.74. The van der Waals surface area contributed by atoms with E-state index in [1.54, 1.807) is 24.3 Å². The maximum Gasteiger partial charge on any atom is 0.263 e. The number of rotatable bonds is 3. The van der Waals surface area contributed by atoms with E-state index in [1.807, 2.05) is 17.5 Å². The molecule has 5 nitrogen and oxygen atoms in total. The lowest BCUT2D eigenvalue weighted by molar-refractivity contribution is -0.111. The lowest BCUT2D eigenvalue weighted by atomic mass is 10.1. The molecule has 22 heavy (non-hydrogen) atoms. The number of carbonyl (C=O) groups is 3. The van der Waals surface area contributed by atoms with Crippen LogP contribution in [-0.4, -0.2) is 29.7 Å². The lowest BCUT2D eigenvalue weighted by Crippen LogP contribution is -2.24. The van der Waals surface area contributed by atoms with Gasteiger partial charge in [0.15, 0.2) is 0 Å². The number of anilines is 1. The van der Waals surface area contributed by atoms with Crippen LogP contribution >= 0.6 is 11.3 Å². The minimum atomic E-state index is -0.405. The molecule has 6 heteroatoms. The van der Waals surface area contributed by atoms with Gasteiger partial charge < -0.3 is 5.32 Å². The van der Waals surface area contributed by atoms with E-state index >= 15 is 0 Å². The predicted molar refractivity (Wildman–Crippen MR) is 84.8 cm³/mol. The Morgan fingerprint density at radius 2 is 2.00 bits per heavy atom. The van der Waals surface area contributed by atoms with Crippen molar-refractivity contribution in [3.63, 3.8) is 0 Å². The number of nitrogens with zero attached hydrogens (tertiary/aromatic N) is 1. The fraction of sp³-hybridized carbons (Fsp3) is 0.0625. The molecule has 0 saturated heterocycles. The monoisotopic (exact) mass is 312 g/mol. The highest BCUT2D eigenvalue weighted by molar-refractivity contribution is 7.10. The van der Waals surface area contributed by atoms with Gasteiger partial charge in [0.2, 0.25) is 5.91 Å². The highest BCUT2D eigenvalue weighted by atomic mass is 32.1. The molecule has 0 radical (unpaired) electrons. The smallest absolute Gasteiger partial charge is 0.263 e. The number of amides is 3. The van der Waals surface area contributed by atoms with E-state index in [2.05, 4.69) is 5.32 Å². The van der Waals surface area contributed by atoms with Gasteiger partial charge in [0.25, 0.3) is 11.8 Å². The number of nitrogens with one attached hydrogen (secondary N) is 1. The molecule has 1 aliphatic heterocycles. The van der Waals surface area contributed by atoms with Gasteiger partial charge in [0.05, 0.1) is 16.8 Å². The number of imide groups is 1. The molecular weight excluding hydrogens is 300 g/mol. The summed E-state index contributed by atoms with van der Waals surface area (Å²) in [5.74, 6) is -1.11. The van der Waals surface area contributed by atoms with Crippen molar-refractivity contribution in [3.8, 4) is 0 Å². The summed E-state index contributed by atoms with van der Waals surface area (Å²) in [4.78, 5) is 38.0. The molecule has 1 aliphatic rings. The lowest BCUT2D eigenvalue weighted by Gasteiger charge is -2.07. The Kier molecular flexibility index (Phi) is 3.60. The van der Waals surface area contributed by atoms with Crippen LogP contribution in [0.5, 0.6) is 0 Å². The number of fused-ring (bicyclic) bond motifs is 1. The highest BCUT2D eigenvalue weighted by Gasteiger charge is 2.34. The molecule has 2 heterocycles. The van der Waals surface area contributed by atoms with Gasteiger partial charge in [-0.3, -0.25) is 19.3 Å². The maximum absolute atomic E-state index is 12.1. The number of carbonyl (C=O) groups excluding carboxylic acids is 3. The van der Waals surface area contributed by atoms with Gasteiger partial charge in [-0.1, -0.05) is 12.1 Å². The minimum absolute atomic E-state index is 0.243. The van der Waals surface area contributed by atoms with Crippen LogP contribution in [-0.2, 0) is 4.79 Å². The Hall–Kier alpha value is -2.73. The third-order valence-corrected chi connectivity index (χ3v) is 4.16. The van der Waals surface area contributed by atoms with Crippen LogP contribution in [0.1, 0.15) is 25.6 Å². The van der Waals surface area contributed by atoms with Gasteiger partial charge in [-0.15, -0.1) is 11.3 Å². The van der Waals surface area contributed by atoms with Crippen molar-refractivity contribution in [2.24, 2.45) is 0 Å². The third-order valence-electron chi connectivity index (χ3n) is 3.32. The first-order valence-electron chi connectivity index (χ1n) is 6.56. The molecule has 0 atom stereocenters. The van der Waals surface area contributed by atoms with Gasteiger partial charge in [0, 0.05) is 18.0 Å². The van der Waals surface area contributed by atoms with Crippen molar-refractivity contribution < 1.29 is 14.4 Å². The quantitative estimate of drug-likeness (QED) is 0.700. The van der Waals surface area contributed by atoms with Crippen molar-refractivity contribution in [2.75, 3.05) is 12.4 Å². The first-order chi connectivity index (χ1) is 10.6. The zero-order chi connectivity index (χ0) is 15.7. The summed E-state index contributed by atoms with van der Waals surface area (Å²) in [6.07, 6.45) is 3.10. The van der Waals surface area contributed by atoms with E-state index in [-0.39, 0.29) is 17.4 Å². The average Bonchev–Trinajstić information content (AvgIpc) is 3.10. The van der Waals surface area contributed by atoms with E-state index in [4.69, 9.17) is 0 Å². The van der Waals surface area contributed by atoms with E-state index < -0.39 is 5.91 Å². The summed E-state index contributed by atoms with van der Waals surface area (Å²) in [6, 6.07) is 8.62. The first kappa shape index (κ1) is 14.2. The summed E-state index contributed by atoms with van der Waals surface area (Å²) >= 11 is 1.52. The van der Waals surface area contributed by atoms with Crippen molar-refractivity contribution in [2.45, 2.75) is 0 Å². The molecule has 3 amide bonds. The maximum atomic E-state index is 12.1. The summed E-state index contributed by atoms with van der Waals surface area (Å²) in [7, 11) is 1.42. The van der Waals surface area contributed by atoms with Crippen molar-refractivity contribution in [1.82, 2.24) is 4.90 Å². The predicted octanol–water partition coefficient (Wildman–Crippen LogP) is 2.63. The SMILES string of the molecule is CN1C(=O)c2cccc(NC(=O)C=Cc3cccs3)c2C1=O. The minimum Gasteiger partial charge on any atom is -0.322 e. The number of benzene rings is 1. The Morgan fingerprint density at radius 3 is 2.73 bits per heavy atom. The molecule has 0 saturated carbocycles. The molecular formula is C16H12N2O3S. The summed E-state index contributed by atoms with van der Waals surface area (Å²) in [5.41, 5.74) is 0.904. The Balaban J connectivity index is 1.84. The standard InChI is InChI=1S/C16H12N2O3S/c1-18-15(20)11-5-2-6-12(14(11)16(18)21)17-13(19)8-7-10-4-3-9-22-10/h2-9H,1H3,(H,17,19). The molecule has 0 bridgehead atoms. The molecule has 1 aromatic heterocycles. The molecule has 0 fully saturated rings. The van der Waals surface area contributed by atoms with Gasteiger partial charge in [-0.2, -0.15) is 0 Å². The fourth-order valence-electron chi connectivity index (χ4n) is 2.22. The van der Waals surface area contributed by atoms with Gasteiger partial charge in [0.1, 0.15) is 0 Å². The molecule has 3 rings (SSSR count). The van der Waals surface area contributed by atoms with E-state index in [1.165, 1.54) is 24.5 Å². The van der Waals surface area contributed by atoms with E-state index in [9.17, 15) is 14.4 Å². The second-order valence-corrected chi connectivity index (χ2v) is 5.71. The Bertz CT molecular complexity index is 794. The highest BCUT2D eigenvalue weighted by Crippen LogP contribution is 2.28.